The van der Waals surface area contributed by atoms with Crippen LogP contribution in [0.5, 0.6) is 5.75 Å². The molecule has 3 rings (SSSR count). The molecule has 0 spiro atoms. The number of rotatable bonds is 6. The SMILES string of the molecule is COc1cc(F)ccc1-c1cc(Nc2cc(CS(C)(=O)=NC(=O)C(F)(F)F)ccn2)ncn1. The standard InChI is InChI=1S/C20H17F4N5O3S/c1-32-16-8-13(21)3-4-14(16)15-9-18(27-11-26-15)28-17-7-12(5-6-25-17)10-33(2,31)29-19(30)20(22,23)24/h3-9,11H,10H2,1-2H3,(H,25,26,27,28). The van der Waals surface area contributed by atoms with Crippen molar-refractivity contribution >= 4 is 27.3 Å². The predicted molar refractivity (Wildman–Crippen MR) is 113 cm³/mol. The Bertz CT molecular complexity index is 1310. The van der Waals surface area contributed by atoms with Gasteiger partial charge in [0.25, 0.3) is 0 Å². The van der Waals surface area contributed by atoms with Gasteiger partial charge in [0.15, 0.2) is 0 Å². The van der Waals surface area contributed by atoms with Gasteiger partial charge in [-0.2, -0.15) is 17.5 Å². The lowest BCUT2D eigenvalue weighted by Gasteiger charge is -2.11. The molecule has 3 aromatic rings. The molecule has 1 amide bonds. The number of hydrogen-bond acceptors (Lipinski definition) is 7. The fourth-order valence-electron chi connectivity index (χ4n) is 2.78. The quantitative estimate of drug-likeness (QED) is 0.526. The molecule has 174 valence electrons. The summed E-state index contributed by atoms with van der Waals surface area (Å²) in [4.78, 5) is 23.4. The normalized spacial score (nSPS) is 13.2. The van der Waals surface area contributed by atoms with E-state index >= 15 is 0 Å². The minimum atomic E-state index is -5.19. The Balaban J connectivity index is 1.83. The molecule has 1 unspecified atom stereocenters. The highest BCUT2D eigenvalue weighted by atomic mass is 32.2. The molecule has 0 saturated heterocycles. The number of nitrogens with one attached hydrogen (secondary N) is 1. The number of ether oxygens (including phenoxy) is 1. The first kappa shape index (κ1) is 24.0. The van der Waals surface area contributed by atoms with Crippen LogP contribution in [0.2, 0.25) is 0 Å². The molecule has 0 aliphatic rings. The minimum absolute atomic E-state index is 0.251. The van der Waals surface area contributed by atoms with E-state index < -0.39 is 33.4 Å². The number of halogens is 4. The van der Waals surface area contributed by atoms with Gasteiger partial charge in [-0.05, 0) is 29.8 Å². The molecular formula is C20H17F4N5O3S. The lowest BCUT2D eigenvalue weighted by Crippen LogP contribution is -2.22. The average molecular weight is 483 g/mol. The highest BCUT2D eigenvalue weighted by Crippen LogP contribution is 2.30. The van der Waals surface area contributed by atoms with Gasteiger partial charge >= 0.3 is 12.1 Å². The first-order chi connectivity index (χ1) is 15.5. The van der Waals surface area contributed by atoms with Gasteiger partial charge in [-0.25, -0.2) is 23.6 Å². The molecule has 2 heterocycles. The zero-order valence-corrected chi connectivity index (χ0v) is 18.1. The second-order valence-corrected chi connectivity index (χ2v) is 9.20. The number of amides is 1. The fraction of sp³-hybridized carbons (Fsp3) is 0.200. The van der Waals surface area contributed by atoms with Crippen molar-refractivity contribution in [1.29, 1.82) is 0 Å². The summed E-state index contributed by atoms with van der Waals surface area (Å²) in [6.45, 7) is 0. The van der Waals surface area contributed by atoms with Gasteiger partial charge in [0, 0.05) is 30.1 Å². The number of anilines is 2. The molecule has 1 atom stereocenters. The molecule has 0 radical (unpaired) electrons. The third-order valence-electron chi connectivity index (χ3n) is 4.14. The lowest BCUT2D eigenvalue weighted by molar-refractivity contribution is -0.169. The number of aromatic nitrogens is 3. The molecule has 2 aromatic heterocycles. The Morgan fingerprint density at radius 1 is 1.12 bits per heavy atom. The van der Waals surface area contributed by atoms with Crippen molar-refractivity contribution in [1.82, 2.24) is 15.0 Å². The van der Waals surface area contributed by atoms with Crippen LogP contribution in [-0.2, 0) is 20.3 Å². The highest BCUT2D eigenvalue weighted by molar-refractivity contribution is 7.92. The van der Waals surface area contributed by atoms with Crippen molar-refractivity contribution < 1.29 is 31.3 Å². The Morgan fingerprint density at radius 2 is 1.85 bits per heavy atom. The van der Waals surface area contributed by atoms with Crippen LogP contribution in [-0.4, -0.2) is 44.6 Å². The summed E-state index contributed by atoms with van der Waals surface area (Å²) in [5.41, 5.74) is 1.29. The summed E-state index contributed by atoms with van der Waals surface area (Å²) < 4.78 is 71.1. The van der Waals surface area contributed by atoms with E-state index in [-0.39, 0.29) is 11.6 Å². The van der Waals surface area contributed by atoms with E-state index in [4.69, 9.17) is 4.74 Å². The number of nitrogens with zero attached hydrogens (tertiary/aromatic N) is 4. The maximum absolute atomic E-state index is 13.5. The van der Waals surface area contributed by atoms with Gasteiger partial charge in [0.05, 0.1) is 28.3 Å². The maximum atomic E-state index is 13.5. The van der Waals surface area contributed by atoms with Crippen molar-refractivity contribution in [2.75, 3.05) is 18.7 Å². The van der Waals surface area contributed by atoms with E-state index in [1.807, 2.05) is 0 Å². The third kappa shape index (κ3) is 6.44. The van der Waals surface area contributed by atoms with Gasteiger partial charge in [-0.3, -0.25) is 4.79 Å². The summed E-state index contributed by atoms with van der Waals surface area (Å²) in [7, 11) is -2.08. The van der Waals surface area contributed by atoms with E-state index in [1.165, 1.54) is 50.0 Å². The first-order valence-electron chi connectivity index (χ1n) is 9.16. The molecule has 0 bridgehead atoms. The van der Waals surface area contributed by atoms with Crippen molar-refractivity contribution in [3.63, 3.8) is 0 Å². The topological polar surface area (TPSA) is 106 Å². The maximum Gasteiger partial charge on any atom is 0.474 e. The van der Waals surface area contributed by atoms with E-state index in [0.717, 1.165) is 6.26 Å². The molecule has 13 heteroatoms. The Hall–Kier alpha value is -3.61. The largest absolute Gasteiger partial charge is 0.496 e. The van der Waals surface area contributed by atoms with Crippen LogP contribution >= 0.6 is 0 Å². The molecule has 0 fully saturated rings. The van der Waals surface area contributed by atoms with E-state index in [2.05, 4.69) is 24.6 Å². The molecule has 0 saturated carbocycles. The number of carbonyl (C=O) groups excluding carboxylic acids is 1. The third-order valence-corrected chi connectivity index (χ3v) is 5.56. The van der Waals surface area contributed by atoms with Gasteiger partial charge in [0.2, 0.25) is 0 Å². The molecule has 8 nitrogen and oxygen atoms in total. The molecule has 33 heavy (non-hydrogen) atoms. The van der Waals surface area contributed by atoms with Crippen molar-refractivity contribution in [3.05, 3.63) is 60.3 Å². The summed E-state index contributed by atoms with van der Waals surface area (Å²) in [5, 5.41) is 2.91. The minimum Gasteiger partial charge on any atom is -0.496 e. The van der Waals surface area contributed by atoms with Crippen LogP contribution in [0.1, 0.15) is 5.56 Å². The zero-order valence-electron chi connectivity index (χ0n) is 17.3. The van der Waals surface area contributed by atoms with Crippen molar-refractivity contribution in [2.24, 2.45) is 4.36 Å². The number of hydrogen-bond donors (Lipinski definition) is 1. The van der Waals surface area contributed by atoms with Crippen molar-refractivity contribution in [3.8, 4) is 17.0 Å². The second kappa shape index (κ2) is 9.48. The van der Waals surface area contributed by atoms with Gasteiger partial charge in [-0.1, -0.05) is 0 Å². The first-order valence-corrected chi connectivity index (χ1v) is 11.2. The zero-order chi connectivity index (χ0) is 24.2. The summed E-state index contributed by atoms with van der Waals surface area (Å²) in [6, 6.07) is 8.42. The Morgan fingerprint density at radius 3 is 2.55 bits per heavy atom. The van der Waals surface area contributed by atoms with Gasteiger partial charge < -0.3 is 10.1 Å². The highest BCUT2D eigenvalue weighted by Gasteiger charge is 2.39. The van der Waals surface area contributed by atoms with Gasteiger partial charge in [0.1, 0.15) is 29.5 Å². The number of benzene rings is 1. The molecule has 0 aliphatic carbocycles. The number of pyridine rings is 1. The molecular weight excluding hydrogens is 466 g/mol. The Kier molecular flexibility index (Phi) is 6.91. The molecule has 1 aromatic carbocycles. The van der Waals surface area contributed by atoms with Crippen LogP contribution in [0.25, 0.3) is 11.3 Å². The Labute approximate surface area is 186 Å². The number of carbonyl (C=O) groups is 1. The molecule has 0 aliphatic heterocycles. The average Bonchev–Trinajstić information content (AvgIpc) is 2.72. The summed E-state index contributed by atoms with van der Waals surface area (Å²) in [5.74, 6) is -2.43. The fourth-order valence-corrected chi connectivity index (χ4v) is 4.10. The van der Waals surface area contributed by atoms with E-state index in [1.54, 1.807) is 6.07 Å². The van der Waals surface area contributed by atoms with Crippen LogP contribution in [0.3, 0.4) is 0 Å². The molecule has 1 N–H and O–H groups in total. The van der Waals surface area contributed by atoms with Crippen LogP contribution in [0, 0.1) is 5.82 Å². The van der Waals surface area contributed by atoms with Crippen LogP contribution in [0.15, 0.2) is 53.3 Å². The summed E-state index contributed by atoms with van der Waals surface area (Å²) >= 11 is 0. The van der Waals surface area contributed by atoms with Crippen LogP contribution < -0.4 is 10.1 Å². The van der Waals surface area contributed by atoms with E-state index in [9.17, 15) is 26.6 Å². The lowest BCUT2D eigenvalue weighted by atomic mass is 10.1. The van der Waals surface area contributed by atoms with Gasteiger partial charge in [-0.15, -0.1) is 0 Å². The second-order valence-electron chi connectivity index (χ2n) is 6.81. The monoisotopic (exact) mass is 483 g/mol. The predicted octanol–water partition coefficient (Wildman–Crippen LogP) is 4.12. The number of alkyl halides is 3. The van der Waals surface area contributed by atoms with Crippen LogP contribution in [0.4, 0.5) is 29.2 Å². The summed E-state index contributed by atoms with van der Waals surface area (Å²) in [6.07, 6.45) is -1.60. The number of methoxy groups -OCH3 is 1. The van der Waals surface area contributed by atoms with E-state index in [0.29, 0.717) is 22.6 Å². The van der Waals surface area contributed by atoms with Crippen molar-refractivity contribution in [2.45, 2.75) is 11.9 Å². The smallest absolute Gasteiger partial charge is 0.474 e.